The predicted molar refractivity (Wildman–Crippen MR) is 58.4 cm³/mol. The highest BCUT2D eigenvalue weighted by atomic mass is 19.4. The Labute approximate surface area is 102 Å². The Morgan fingerprint density at radius 1 is 1.39 bits per heavy atom. The lowest BCUT2D eigenvalue weighted by atomic mass is 10.1. The van der Waals surface area contributed by atoms with Gasteiger partial charge < -0.3 is 0 Å². The van der Waals surface area contributed by atoms with E-state index in [9.17, 15) is 17.6 Å². The first-order valence-electron chi connectivity index (χ1n) is 5.84. The van der Waals surface area contributed by atoms with Crippen LogP contribution in [0.5, 0.6) is 0 Å². The highest BCUT2D eigenvalue weighted by Gasteiger charge is 2.63. The molecule has 0 bridgehead atoms. The molecule has 0 saturated heterocycles. The molecule has 1 aliphatic rings. The van der Waals surface area contributed by atoms with Crippen LogP contribution >= 0.6 is 0 Å². The molecule has 6 heteroatoms. The number of aromatic nitrogens is 1. The molecule has 2 rings (SSSR count). The maximum atomic E-state index is 12.8. The second-order valence-corrected chi connectivity index (χ2v) is 4.59. The molecule has 1 N–H and O–H groups in total. The fraction of sp³-hybridized carbons (Fsp3) is 0.583. The largest absolute Gasteiger partial charge is 0.406 e. The van der Waals surface area contributed by atoms with Crippen LogP contribution < -0.4 is 5.32 Å². The maximum Gasteiger partial charge on any atom is 0.406 e. The summed E-state index contributed by atoms with van der Waals surface area (Å²) in [7, 11) is 0. The molecular formula is C12H14F4N2. The van der Waals surface area contributed by atoms with Gasteiger partial charge in [0.05, 0.1) is 11.9 Å². The Bertz CT molecular complexity index is 409. The molecule has 1 heterocycles. The van der Waals surface area contributed by atoms with E-state index < -0.39 is 23.6 Å². The quantitative estimate of drug-likeness (QED) is 0.842. The minimum atomic E-state index is -4.25. The van der Waals surface area contributed by atoms with Gasteiger partial charge in [0.1, 0.15) is 11.4 Å². The Morgan fingerprint density at radius 2 is 2.06 bits per heavy atom. The van der Waals surface area contributed by atoms with Crippen LogP contribution in [0.15, 0.2) is 18.3 Å². The minimum Gasteiger partial charge on any atom is -0.295 e. The van der Waals surface area contributed by atoms with Crippen molar-refractivity contribution in [3.8, 4) is 0 Å². The first-order valence-corrected chi connectivity index (χ1v) is 5.84. The SMILES string of the molecule is CCC(NC1(C(F)(F)F)CC1)c1ccc(F)cn1. The van der Waals surface area contributed by atoms with Crippen molar-refractivity contribution in [2.24, 2.45) is 0 Å². The third kappa shape index (κ3) is 2.48. The van der Waals surface area contributed by atoms with E-state index in [1.54, 1.807) is 6.92 Å². The average Bonchev–Trinajstić information content (AvgIpc) is 3.07. The Morgan fingerprint density at radius 3 is 2.44 bits per heavy atom. The molecule has 1 fully saturated rings. The number of nitrogens with zero attached hydrogens (tertiary/aromatic N) is 1. The summed E-state index contributed by atoms with van der Waals surface area (Å²) in [5.41, 5.74) is -1.33. The highest BCUT2D eigenvalue weighted by Crippen LogP contribution is 2.50. The summed E-state index contributed by atoms with van der Waals surface area (Å²) in [6, 6.07) is 2.12. The van der Waals surface area contributed by atoms with Crippen molar-refractivity contribution in [3.63, 3.8) is 0 Å². The molecule has 0 aromatic carbocycles. The van der Waals surface area contributed by atoms with Gasteiger partial charge in [0.2, 0.25) is 0 Å². The molecule has 0 radical (unpaired) electrons. The topological polar surface area (TPSA) is 24.9 Å². The number of halogens is 4. The van der Waals surface area contributed by atoms with Crippen LogP contribution in [-0.4, -0.2) is 16.7 Å². The second-order valence-electron chi connectivity index (χ2n) is 4.59. The van der Waals surface area contributed by atoms with Crippen molar-refractivity contribution in [3.05, 3.63) is 29.8 Å². The van der Waals surface area contributed by atoms with Crippen LogP contribution in [0.4, 0.5) is 17.6 Å². The van der Waals surface area contributed by atoms with Crippen molar-refractivity contribution in [2.75, 3.05) is 0 Å². The van der Waals surface area contributed by atoms with Crippen molar-refractivity contribution in [1.82, 2.24) is 10.3 Å². The maximum absolute atomic E-state index is 12.8. The summed E-state index contributed by atoms with van der Waals surface area (Å²) in [5, 5.41) is 2.62. The van der Waals surface area contributed by atoms with E-state index in [2.05, 4.69) is 10.3 Å². The molecular weight excluding hydrogens is 248 g/mol. The normalized spacial score (nSPS) is 19.6. The van der Waals surface area contributed by atoms with Gasteiger partial charge in [-0.25, -0.2) is 4.39 Å². The van der Waals surface area contributed by atoms with E-state index >= 15 is 0 Å². The second kappa shape index (κ2) is 4.50. The summed E-state index contributed by atoms with van der Waals surface area (Å²) in [6.07, 6.45) is -2.58. The van der Waals surface area contributed by atoms with Crippen LogP contribution in [-0.2, 0) is 0 Å². The van der Waals surface area contributed by atoms with E-state index in [4.69, 9.17) is 0 Å². The Hall–Kier alpha value is -1.17. The first kappa shape index (κ1) is 13.3. The molecule has 0 amide bonds. The first-order chi connectivity index (χ1) is 8.38. The summed E-state index contributed by atoms with van der Waals surface area (Å²) in [4.78, 5) is 3.84. The van der Waals surface area contributed by atoms with Gasteiger partial charge in [-0.15, -0.1) is 0 Å². The van der Waals surface area contributed by atoms with Gasteiger partial charge in [0, 0.05) is 6.04 Å². The number of hydrogen-bond donors (Lipinski definition) is 1. The lowest BCUT2D eigenvalue weighted by Gasteiger charge is -2.26. The molecule has 1 aromatic rings. The van der Waals surface area contributed by atoms with Crippen molar-refractivity contribution in [2.45, 2.75) is 43.9 Å². The predicted octanol–water partition coefficient (Wildman–Crippen LogP) is 3.36. The van der Waals surface area contributed by atoms with Gasteiger partial charge in [-0.1, -0.05) is 6.92 Å². The fourth-order valence-corrected chi connectivity index (χ4v) is 1.95. The van der Waals surface area contributed by atoms with Crippen molar-refractivity contribution >= 4 is 0 Å². The van der Waals surface area contributed by atoms with Crippen molar-refractivity contribution < 1.29 is 17.6 Å². The number of rotatable bonds is 4. The van der Waals surface area contributed by atoms with Gasteiger partial charge in [-0.3, -0.25) is 10.3 Å². The summed E-state index contributed by atoms with van der Waals surface area (Å²) < 4.78 is 51.2. The van der Waals surface area contributed by atoms with E-state index in [0.29, 0.717) is 12.1 Å². The standard InChI is InChI=1S/C12H14F4N2/c1-2-9(10-4-3-8(13)7-17-10)18-11(5-6-11)12(14,15)16/h3-4,7,9,18H,2,5-6H2,1H3. The molecule has 1 aliphatic carbocycles. The van der Waals surface area contributed by atoms with Crippen LogP contribution in [0.25, 0.3) is 0 Å². The van der Waals surface area contributed by atoms with E-state index in [1.165, 1.54) is 12.1 Å². The molecule has 2 nitrogen and oxygen atoms in total. The number of nitrogens with one attached hydrogen (secondary N) is 1. The highest BCUT2D eigenvalue weighted by molar-refractivity contribution is 5.15. The van der Waals surface area contributed by atoms with Gasteiger partial charge >= 0.3 is 6.18 Å². The van der Waals surface area contributed by atoms with E-state index in [-0.39, 0.29) is 12.8 Å². The van der Waals surface area contributed by atoms with Crippen LogP contribution in [0.3, 0.4) is 0 Å². The zero-order valence-electron chi connectivity index (χ0n) is 9.89. The van der Waals surface area contributed by atoms with Crippen molar-refractivity contribution in [1.29, 1.82) is 0 Å². The molecule has 1 atom stereocenters. The van der Waals surface area contributed by atoms with Gasteiger partial charge in [-0.05, 0) is 31.4 Å². The molecule has 1 unspecified atom stereocenters. The molecule has 0 spiro atoms. The zero-order chi connectivity index (χ0) is 13.4. The van der Waals surface area contributed by atoms with E-state index in [1.807, 2.05) is 0 Å². The fourth-order valence-electron chi connectivity index (χ4n) is 1.95. The monoisotopic (exact) mass is 262 g/mol. The average molecular weight is 262 g/mol. The lowest BCUT2D eigenvalue weighted by molar-refractivity contribution is -0.168. The number of alkyl halides is 3. The summed E-state index contributed by atoms with van der Waals surface area (Å²) in [6.45, 7) is 1.77. The van der Waals surface area contributed by atoms with Gasteiger partial charge in [0.15, 0.2) is 0 Å². The van der Waals surface area contributed by atoms with Crippen LogP contribution in [0.2, 0.25) is 0 Å². The van der Waals surface area contributed by atoms with Crippen LogP contribution in [0.1, 0.15) is 37.9 Å². The molecule has 18 heavy (non-hydrogen) atoms. The number of hydrogen-bond acceptors (Lipinski definition) is 2. The van der Waals surface area contributed by atoms with Crippen LogP contribution in [0, 0.1) is 5.82 Å². The summed E-state index contributed by atoms with van der Waals surface area (Å²) in [5.74, 6) is -0.495. The molecule has 1 aromatic heterocycles. The molecule has 100 valence electrons. The Kier molecular flexibility index (Phi) is 3.31. The molecule has 1 saturated carbocycles. The third-order valence-electron chi connectivity index (χ3n) is 3.26. The van der Waals surface area contributed by atoms with E-state index in [0.717, 1.165) is 6.20 Å². The Balaban J connectivity index is 2.13. The number of pyridine rings is 1. The lowest BCUT2D eigenvalue weighted by Crippen LogP contribution is -2.46. The zero-order valence-corrected chi connectivity index (χ0v) is 9.89. The minimum absolute atomic E-state index is 0.0915. The van der Waals surface area contributed by atoms with Gasteiger partial charge in [-0.2, -0.15) is 13.2 Å². The smallest absolute Gasteiger partial charge is 0.295 e. The van der Waals surface area contributed by atoms with Gasteiger partial charge in [0.25, 0.3) is 0 Å². The summed E-state index contributed by atoms with van der Waals surface area (Å²) >= 11 is 0. The third-order valence-corrected chi connectivity index (χ3v) is 3.26. The molecule has 0 aliphatic heterocycles.